The van der Waals surface area contributed by atoms with Gasteiger partial charge in [0, 0.05) is 38.3 Å². The molecule has 0 aromatic heterocycles. The van der Waals surface area contributed by atoms with Crippen LogP contribution in [0, 0.1) is 5.41 Å². The number of piperazine rings is 1. The minimum absolute atomic E-state index is 0.338. The Morgan fingerprint density at radius 1 is 1.33 bits per heavy atom. The van der Waals surface area contributed by atoms with Gasteiger partial charge in [0.05, 0.1) is 0 Å². The van der Waals surface area contributed by atoms with Crippen LogP contribution in [-0.4, -0.2) is 61.7 Å². The summed E-state index contributed by atoms with van der Waals surface area (Å²) in [5, 5.41) is 3.65. The summed E-state index contributed by atoms with van der Waals surface area (Å²) in [6.45, 7) is 17.6. The minimum atomic E-state index is 0.338. The van der Waals surface area contributed by atoms with E-state index < -0.39 is 0 Å². The number of nitrogens with one attached hydrogen (secondary N) is 1. The van der Waals surface area contributed by atoms with Crippen molar-refractivity contribution in [2.75, 3.05) is 39.8 Å². The second-order valence-corrected chi connectivity index (χ2v) is 6.73. The SMILES string of the molecule is CCCNC(C)C(C)(C)CN1CCN(C)C(C)C1. The molecule has 1 saturated heterocycles. The third kappa shape index (κ3) is 4.52. The molecule has 0 amide bonds. The largest absolute Gasteiger partial charge is 0.314 e. The zero-order valence-electron chi connectivity index (χ0n) is 13.3. The third-order valence-corrected chi connectivity index (χ3v) is 4.55. The van der Waals surface area contributed by atoms with Crippen molar-refractivity contribution >= 4 is 0 Å². The second-order valence-electron chi connectivity index (χ2n) is 6.73. The predicted octanol–water partition coefficient (Wildman–Crippen LogP) is 2.04. The summed E-state index contributed by atoms with van der Waals surface area (Å²) in [5.74, 6) is 0. The smallest absolute Gasteiger partial charge is 0.0192 e. The lowest BCUT2D eigenvalue weighted by Crippen LogP contribution is -2.54. The maximum absolute atomic E-state index is 3.65. The molecule has 0 aliphatic carbocycles. The first kappa shape index (κ1) is 15.9. The Hall–Kier alpha value is -0.120. The molecule has 1 aliphatic heterocycles. The molecule has 1 fully saturated rings. The fraction of sp³-hybridized carbons (Fsp3) is 1.00. The van der Waals surface area contributed by atoms with Crippen LogP contribution in [0.1, 0.15) is 41.0 Å². The first-order valence-corrected chi connectivity index (χ1v) is 7.52. The number of rotatable bonds is 6. The lowest BCUT2D eigenvalue weighted by Gasteiger charge is -2.43. The molecule has 2 atom stereocenters. The Bertz CT molecular complexity index is 240. The van der Waals surface area contributed by atoms with Crippen molar-refractivity contribution in [2.24, 2.45) is 5.41 Å². The van der Waals surface area contributed by atoms with E-state index in [0.717, 1.165) is 6.54 Å². The molecule has 3 nitrogen and oxygen atoms in total. The Labute approximate surface area is 114 Å². The molecule has 0 aromatic rings. The van der Waals surface area contributed by atoms with Crippen molar-refractivity contribution in [1.82, 2.24) is 15.1 Å². The molecule has 0 spiro atoms. The number of hydrogen-bond acceptors (Lipinski definition) is 3. The van der Waals surface area contributed by atoms with Gasteiger partial charge < -0.3 is 10.2 Å². The van der Waals surface area contributed by atoms with Gasteiger partial charge in [-0.15, -0.1) is 0 Å². The van der Waals surface area contributed by atoms with Gasteiger partial charge in [0.15, 0.2) is 0 Å². The fourth-order valence-corrected chi connectivity index (χ4v) is 2.62. The van der Waals surface area contributed by atoms with Gasteiger partial charge in [-0.2, -0.15) is 0 Å². The molecule has 1 N–H and O–H groups in total. The summed E-state index contributed by atoms with van der Waals surface area (Å²) < 4.78 is 0. The van der Waals surface area contributed by atoms with Gasteiger partial charge in [-0.25, -0.2) is 0 Å². The van der Waals surface area contributed by atoms with Crippen molar-refractivity contribution < 1.29 is 0 Å². The van der Waals surface area contributed by atoms with Crippen LogP contribution in [0.4, 0.5) is 0 Å². The van der Waals surface area contributed by atoms with Gasteiger partial charge in [-0.3, -0.25) is 4.90 Å². The Kier molecular flexibility index (Phi) is 6.09. The van der Waals surface area contributed by atoms with Crippen LogP contribution in [0.25, 0.3) is 0 Å². The Morgan fingerprint density at radius 3 is 2.56 bits per heavy atom. The van der Waals surface area contributed by atoms with Gasteiger partial charge in [-0.05, 0) is 39.3 Å². The molecule has 0 bridgehead atoms. The molecule has 108 valence electrons. The van der Waals surface area contributed by atoms with Crippen LogP contribution < -0.4 is 5.32 Å². The average Bonchev–Trinajstić information content (AvgIpc) is 2.30. The molecular formula is C15H33N3. The lowest BCUT2D eigenvalue weighted by atomic mass is 9.84. The van der Waals surface area contributed by atoms with E-state index in [9.17, 15) is 0 Å². The van der Waals surface area contributed by atoms with E-state index in [1.54, 1.807) is 0 Å². The Balaban J connectivity index is 2.44. The van der Waals surface area contributed by atoms with E-state index in [0.29, 0.717) is 17.5 Å². The summed E-state index contributed by atoms with van der Waals surface area (Å²) in [7, 11) is 2.23. The van der Waals surface area contributed by atoms with Crippen molar-refractivity contribution in [2.45, 2.75) is 53.1 Å². The molecule has 2 unspecified atom stereocenters. The van der Waals surface area contributed by atoms with E-state index in [2.05, 4.69) is 56.8 Å². The Morgan fingerprint density at radius 2 is 2.00 bits per heavy atom. The summed E-state index contributed by atoms with van der Waals surface area (Å²) in [6.07, 6.45) is 1.21. The van der Waals surface area contributed by atoms with E-state index >= 15 is 0 Å². The predicted molar refractivity (Wildman–Crippen MR) is 80.1 cm³/mol. The number of hydrogen-bond donors (Lipinski definition) is 1. The van der Waals surface area contributed by atoms with Crippen molar-refractivity contribution in [3.8, 4) is 0 Å². The van der Waals surface area contributed by atoms with Crippen molar-refractivity contribution in [1.29, 1.82) is 0 Å². The van der Waals surface area contributed by atoms with Crippen LogP contribution in [0.3, 0.4) is 0 Å². The molecule has 0 radical (unpaired) electrons. The van der Waals surface area contributed by atoms with Gasteiger partial charge in [0.25, 0.3) is 0 Å². The second kappa shape index (κ2) is 6.88. The molecule has 1 heterocycles. The highest BCUT2D eigenvalue weighted by molar-refractivity contribution is 4.87. The minimum Gasteiger partial charge on any atom is -0.314 e. The van der Waals surface area contributed by atoms with E-state index in [-0.39, 0.29) is 0 Å². The van der Waals surface area contributed by atoms with Crippen LogP contribution in [-0.2, 0) is 0 Å². The molecule has 18 heavy (non-hydrogen) atoms. The summed E-state index contributed by atoms with van der Waals surface area (Å²) in [6, 6.07) is 1.26. The molecule has 0 saturated carbocycles. The first-order chi connectivity index (χ1) is 8.36. The standard InChI is InChI=1S/C15H33N3/c1-7-8-16-14(3)15(4,5)12-18-10-9-17(6)13(2)11-18/h13-14,16H,7-12H2,1-6H3. The zero-order chi connectivity index (χ0) is 13.8. The van der Waals surface area contributed by atoms with Crippen LogP contribution in [0.5, 0.6) is 0 Å². The first-order valence-electron chi connectivity index (χ1n) is 7.52. The van der Waals surface area contributed by atoms with E-state index in [4.69, 9.17) is 0 Å². The van der Waals surface area contributed by atoms with Gasteiger partial charge >= 0.3 is 0 Å². The van der Waals surface area contributed by atoms with Gasteiger partial charge in [-0.1, -0.05) is 20.8 Å². The normalized spacial score (nSPS) is 25.3. The molecule has 0 aromatic carbocycles. The quantitative estimate of drug-likeness (QED) is 0.783. The van der Waals surface area contributed by atoms with Gasteiger partial charge in [0.1, 0.15) is 0 Å². The van der Waals surface area contributed by atoms with Crippen LogP contribution in [0.15, 0.2) is 0 Å². The summed E-state index contributed by atoms with van der Waals surface area (Å²) >= 11 is 0. The van der Waals surface area contributed by atoms with Crippen LogP contribution in [0.2, 0.25) is 0 Å². The highest BCUT2D eigenvalue weighted by atomic mass is 15.3. The molecule has 1 rings (SSSR count). The summed E-state index contributed by atoms with van der Waals surface area (Å²) in [5.41, 5.74) is 0.338. The maximum atomic E-state index is 3.65. The lowest BCUT2D eigenvalue weighted by molar-refractivity contribution is 0.0640. The van der Waals surface area contributed by atoms with E-state index in [1.165, 1.54) is 32.6 Å². The topological polar surface area (TPSA) is 18.5 Å². The van der Waals surface area contributed by atoms with Crippen molar-refractivity contribution in [3.63, 3.8) is 0 Å². The van der Waals surface area contributed by atoms with Gasteiger partial charge in [0.2, 0.25) is 0 Å². The van der Waals surface area contributed by atoms with Crippen LogP contribution >= 0.6 is 0 Å². The average molecular weight is 255 g/mol. The molecule has 1 aliphatic rings. The van der Waals surface area contributed by atoms with Crippen molar-refractivity contribution in [3.05, 3.63) is 0 Å². The highest BCUT2D eigenvalue weighted by Crippen LogP contribution is 2.23. The summed E-state index contributed by atoms with van der Waals surface area (Å²) in [4.78, 5) is 5.09. The third-order valence-electron chi connectivity index (χ3n) is 4.55. The highest BCUT2D eigenvalue weighted by Gasteiger charge is 2.30. The number of nitrogens with zero attached hydrogens (tertiary/aromatic N) is 2. The van der Waals surface area contributed by atoms with E-state index in [1.807, 2.05) is 0 Å². The molecular weight excluding hydrogens is 222 g/mol. The zero-order valence-corrected chi connectivity index (χ0v) is 13.3. The monoisotopic (exact) mass is 255 g/mol. The maximum Gasteiger partial charge on any atom is 0.0192 e. The molecule has 3 heteroatoms. The number of likely N-dealkylation sites (N-methyl/N-ethyl adjacent to an activating group) is 1. The fourth-order valence-electron chi connectivity index (χ4n) is 2.62.